The van der Waals surface area contributed by atoms with Gasteiger partial charge in [0.15, 0.2) is 23.4 Å². The first-order valence-corrected chi connectivity index (χ1v) is 11.3. The fraction of sp³-hybridized carbons (Fsp3) is 0.462. The van der Waals surface area contributed by atoms with Crippen LogP contribution in [0.2, 0.25) is 0 Å². The number of benzene rings is 1. The van der Waals surface area contributed by atoms with Gasteiger partial charge < -0.3 is 14.6 Å². The maximum Gasteiger partial charge on any atom is 0.336 e. The van der Waals surface area contributed by atoms with Gasteiger partial charge in [-0.05, 0) is 44.7 Å². The van der Waals surface area contributed by atoms with Gasteiger partial charge in [-0.1, -0.05) is 29.9 Å². The molecule has 2 heterocycles. The van der Waals surface area contributed by atoms with Gasteiger partial charge in [-0.3, -0.25) is 9.69 Å². The molecule has 4 aliphatic rings. The Balaban J connectivity index is 1.59. The van der Waals surface area contributed by atoms with Crippen LogP contribution in [0.4, 0.5) is 0 Å². The second kappa shape index (κ2) is 7.42. The molecule has 1 N–H and O–H groups in total. The smallest absolute Gasteiger partial charge is 0.336 e. The van der Waals surface area contributed by atoms with E-state index in [9.17, 15) is 14.7 Å². The number of likely N-dealkylation sites (tertiary alicyclic amines) is 1. The molecule has 2 aliphatic heterocycles. The van der Waals surface area contributed by atoms with Crippen LogP contribution >= 0.6 is 0 Å². The van der Waals surface area contributed by atoms with Crippen LogP contribution in [-0.4, -0.2) is 52.6 Å². The topological polar surface area (TPSA) is 76.1 Å². The largest absolute Gasteiger partial charge is 0.477 e. The Bertz CT molecular complexity index is 1070. The third kappa shape index (κ3) is 2.79. The molecule has 0 radical (unpaired) electrons. The summed E-state index contributed by atoms with van der Waals surface area (Å²) >= 11 is 0. The summed E-state index contributed by atoms with van der Waals surface area (Å²) in [6.07, 6.45) is 7.93. The Morgan fingerprint density at radius 3 is 2.94 bits per heavy atom. The number of hydrogen-bond acceptors (Lipinski definition) is 6. The average Bonchev–Trinajstić information content (AvgIpc) is 3.10. The minimum Gasteiger partial charge on any atom is -0.477 e. The molecule has 5 rings (SSSR count). The summed E-state index contributed by atoms with van der Waals surface area (Å²) in [4.78, 5) is 27.7. The van der Waals surface area contributed by atoms with Gasteiger partial charge in [0.1, 0.15) is 0 Å². The number of rotatable bonds is 5. The molecule has 2 bridgehead atoms. The van der Waals surface area contributed by atoms with E-state index in [2.05, 4.69) is 11.5 Å². The van der Waals surface area contributed by atoms with E-state index in [4.69, 9.17) is 9.47 Å². The predicted molar refractivity (Wildman–Crippen MR) is 120 cm³/mol. The molecule has 1 aromatic carbocycles. The quantitative estimate of drug-likeness (QED) is 0.252. The Kier molecular flexibility index (Phi) is 4.91. The van der Waals surface area contributed by atoms with Gasteiger partial charge in [-0.2, -0.15) is 0 Å². The molecule has 6 nitrogen and oxygen atoms in total. The summed E-state index contributed by atoms with van der Waals surface area (Å²) in [5, 5.41) is 12.1. The number of allylic oxidation sites excluding steroid dienone is 3. The summed E-state index contributed by atoms with van der Waals surface area (Å²) in [6.45, 7) is 9.21. The molecule has 6 heteroatoms. The maximum atomic E-state index is 13.0. The van der Waals surface area contributed by atoms with Gasteiger partial charge in [0.25, 0.3) is 0 Å². The summed E-state index contributed by atoms with van der Waals surface area (Å²) in [5.74, 6) is 0.253. The van der Waals surface area contributed by atoms with Crippen LogP contribution in [0.25, 0.3) is 0 Å². The second-order valence-electron chi connectivity index (χ2n) is 9.56. The lowest BCUT2D eigenvalue weighted by atomic mass is 9.49. The molecule has 0 unspecified atom stereocenters. The first kappa shape index (κ1) is 21.2. The van der Waals surface area contributed by atoms with E-state index >= 15 is 0 Å². The van der Waals surface area contributed by atoms with E-state index in [1.165, 1.54) is 6.08 Å². The number of hydrogen-bond donors (Lipinski definition) is 1. The number of carbonyl (C=O) groups excluding carboxylic acids is 2. The molecule has 1 spiro atoms. The fourth-order valence-corrected chi connectivity index (χ4v) is 6.33. The molecule has 1 saturated heterocycles. The van der Waals surface area contributed by atoms with Gasteiger partial charge in [0.2, 0.25) is 0 Å². The second-order valence-corrected chi connectivity index (χ2v) is 9.56. The predicted octanol–water partition coefficient (Wildman–Crippen LogP) is 3.02. The van der Waals surface area contributed by atoms with E-state index in [-0.39, 0.29) is 18.2 Å². The van der Waals surface area contributed by atoms with Crippen molar-refractivity contribution in [3.63, 3.8) is 0 Å². The SMILES string of the molecule is C=CCN1CC[C@]23c4c5ccc(OC(=O)/C=C/C=C(C)C)c4O[C@H]2C(=O)CC[C@@]3(O)[C@H]1C5. The Hall–Kier alpha value is -2.70. The molecule has 0 aromatic heterocycles. The molecule has 32 heavy (non-hydrogen) atoms. The highest BCUT2D eigenvalue weighted by atomic mass is 16.6. The molecule has 1 saturated carbocycles. The highest BCUT2D eigenvalue weighted by molar-refractivity contribution is 5.91. The third-order valence-electron chi connectivity index (χ3n) is 7.59. The van der Waals surface area contributed by atoms with Gasteiger partial charge in [0, 0.05) is 37.2 Å². The lowest BCUT2D eigenvalue weighted by molar-refractivity contribution is -0.187. The van der Waals surface area contributed by atoms with Crippen LogP contribution in [0.3, 0.4) is 0 Å². The minimum absolute atomic E-state index is 0.00961. The minimum atomic E-state index is -1.07. The number of piperidine rings is 1. The van der Waals surface area contributed by atoms with Crippen molar-refractivity contribution in [2.45, 2.75) is 62.7 Å². The van der Waals surface area contributed by atoms with Crippen molar-refractivity contribution in [1.82, 2.24) is 4.90 Å². The lowest BCUT2D eigenvalue weighted by Gasteiger charge is -2.62. The van der Waals surface area contributed by atoms with E-state index in [0.29, 0.717) is 37.3 Å². The molecule has 2 aliphatic carbocycles. The summed E-state index contributed by atoms with van der Waals surface area (Å²) in [5.41, 5.74) is 1.13. The van der Waals surface area contributed by atoms with Crippen molar-refractivity contribution >= 4 is 11.8 Å². The van der Waals surface area contributed by atoms with E-state index in [0.717, 1.165) is 23.2 Å². The molecule has 1 aromatic rings. The van der Waals surface area contributed by atoms with E-state index < -0.39 is 23.1 Å². The number of ether oxygens (including phenoxy) is 2. The summed E-state index contributed by atoms with van der Waals surface area (Å²) in [6, 6.07) is 3.60. The number of carbonyl (C=O) groups is 2. The van der Waals surface area contributed by atoms with Gasteiger partial charge in [-0.15, -0.1) is 6.58 Å². The van der Waals surface area contributed by atoms with Crippen molar-refractivity contribution in [3.8, 4) is 11.5 Å². The zero-order valence-electron chi connectivity index (χ0n) is 18.6. The van der Waals surface area contributed by atoms with E-state index in [1.54, 1.807) is 12.1 Å². The van der Waals surface area contributed by atoms with Crippen molar-refractivity contribution in [1.29, 1.82) is 0 Å². The Morgan fingerprint density at radius 2 is 2.19 bits per heavy atom. The van der Waals surface area contributed by atoms with Gasteiger partial charge in [0.05, 0.1) is 11.0 Å². The zero-order valence-corrected chi connectivity index (χ0v) is 18.6. The zero-order chi connectivity index (χ0) is 22.7. The molecule has 0 amide bonds. The van der Waals surface area contributed by atoms with Crippen LogP contribution in [0, 0.1) is 0 Å². The molecule has 168 valence electrons. The van der Waals surface area contributed by atoms with Crippen LogP contribution in [0.5, 0.6) is 11.5 Å². The highest BCUT2D eigenvalue weighted by Crippen LogP contribution is 2.64. The van der Waals surface area contributed by atoms with Crippen LogP contribution in [-0.2, 0) is 21.4 Å². The van der Waals surface area contributed by atoms with Crippen molar-refractivity contribution in [3.05, 3.63) is 59.7 Å². The Morgan fingerprint density at radius 1 is 1.38 bits per heavy atom. The average molecular weight is 436 g/mol. The monoisotopic (exact) mass is 435 g/mol. The highest BCUT2D eigenvalue weighted by Gasteiger charge is 2.73. The van der Waals surface area contributed by atoms with Crippen LogP contribution in [0.15, 0.2) is 48.6 Å². The molecule has 4 atom stereocenters. The van der Waals surface area contributed by atoms with Crippen molar-refractivity contribution < 1.29 is 24.2 Å². The summed E-state index contributed by atoms with van der Waals surface area (Å²) in [7, 11) is 0. The number of nitrogens with zero attached hydrogens (tertiary/aromatic N) is 1. The first-order chi connectivity index (χ1) is 15.3. The molecule has 2 fully saturated rings. The standard InChI is InChI=1S/C26H29NO5/c1-4-13-27-14-12-25-22-17-8-9-19(31-21(29)7-5-6-16(2)3)23(22)32-24(25)18(28)10-11-26(25,30)20(27)15-17/h4-9,20,24,30H,1,10-15H2,2-3H3/b7-5+/t20-,24+,25+,26-/m1/s1. The van der Waals surface area contributed by atoms with Crippen LogP contribution < -0.4 is 9.47 Å². The number of esters is 1. The van der Waals surface area contributed by atoms with E-state index in [1.807, 2.05) is 32.1 Å². The molecular weight excluding hydrogens is 406 g/mol. The van der Waals surface area contributed by atoms with Crippen molar-refractivity contribution in [2.24, 2.45) is 0 Å². The number of ketones is 1. The number of Topliss-reactive ketones (excluding diaryl/α,β-unsaturated/α-hetero) is 1. The van der Waals surface area contributed by atoms with Gasteiger partial charge >= 0.3 is 5.97 Å². The number of aliphatic hydroxyl groups is 1. The Labute approximate surface area is 188 Å². The lowest BCUT2D eigenvalue weighted by Crippen LogP contribution is -2.76. The van der Waals surface area contributed by atoms with Crippen molar-refractivity contribution in [2.75, 3.05) is 13.1 Å². The maximum absolute atomic E-state index is 13.0. The van der Waals surface area contributed by atoms with Gasteiger partial charge in [-0.25, -0.2) is 4.79 Å². The molecular formula is C26H29NO5. The first-order valence-electron chi connectivity index (χ1n) is 11.3. The summed E-state index contributed by atoms with van der Waals surface area (Å²) < 4.78 is 11.9. The third-order valence-corrected chi connectivity index (χ3v) is 7.59. The van der Waals surface area contributed by atoms with Crippen LogP contribution in [0.1, 0.15) is 44.2 Å². The normalized spacial score (nSPS) is 32.3. The fourth-order valence-electron chi connectivity index (χ4n) is 6.33.